The van der Waals surface area contributed by atoms with E-state index < -0.39 is 10.0 Å². The van der Waals surface area contributed by atoms with Gasteiger partial charge < -0.3 is 9.64 Å². The highest BCUT2D eigenvalue weighted by Gasteiger charge is 2.57. The smallest absolute Gasteiger partial charge is 0.264 e. The number of ether oxygens (including phenoxy) is 1. The number of nitrogens with zero attached hydrogens (tertiary/aromatic N) is 3. The van der Waals surface area contributed by atoms with Crippen LogP contribution in [0.4, 0.5) is 5.95 Å². The van der Waals surface area contributed by atoms with Gasteiger partial charge in [0.25, 0.3) is 10.0 Å². The molecule has 6 rings (SSSR count). The number of benzene rings is 2. The molecular formula is C34H42N4O4S. The van der Waals surface area contributed by atoms with Gasteiger partial charge in [0.1, 0.15) is 0 Å². The van der Waals surface area contributed by atoms with Crippen molar-refractivity contribution in [2.75, 3.05) is 17.9 Å². The Hall–Kier alpha value is -3.46. The maximum absolute atomic E-state index is 13.7. The second kappa shape index (κ2) is 10.6. The molecule has 3 aromatic rings. The minimum atomic E-state index is -3.98. The molecule has 2 atom stereocenters. The van der Waals surface area contributed by atoms with Crippen LogP contribution in [0.2, 0.25) is 0 Å². The topological polar surface area (TPSA) is 101 Å². The first-order chi connectivity index (χ1) is 20.2. The van der Waals surface area contributed by atoms with Gasteiger partial charge in [0.2, 0.25) is 17.7 Å². The van der Waals surface area contributed by atoms with Gasteiger partial charge in [-0.15, -0.1) is 0 Å². The van der Waals surface area contributed by atoms with E-state index in [1.807, 2.05) is 55.1 Å². The number of aromatic nitrogens is 2. The second-order valence-corrected chi connectivity index (χ2v) is 15.7. The van der Waals surface area contributed by atoms with Gasteiger partial charge in [-0.1, -0.05) is 51.1 Å². The van der Waals surface area contributed by atoms with Gasteiger partial charge in [0, 0.05) is 36.6 Å². The van der Waals surface area contributed by atoms with Crippen LogP contribution < -0.4 is 9.46 Å². The quantitative estimate of drug-likeness (QED) is 0.368. The zero-order valence-electron chi connectivity index (χ0n) is 26.0. The molecule has 2 aromatic carbocycles. The summed E-state index contributed by atoms with van der Waals surface area (Å²) in [6, 6.07) is 15.2. The maximum atomic E-state index is 13.7. The van der Waals surface area contributed by atoms with Crippen LogP contribution >= 0.6 is 0 Å². The molecule has 228 valence electrons. The lowest BCUT2D eigenvalue weighted by Gasteiger charge is -2.63. The number of carbonyl (C=O) groups is 1. The molecule has 2 aliphatic heterocycles. The van der Waals surface area contributed by atoms with Crippen LogP contribution in [0.1, 0.15) is 76.0 Å². The van der Waals surface area contributed by atoms with E-state index in [9.17, 15) is 13.2 Å². The number of aryl methyl sites for hydroxylation is 2. The molecule has 1 saturated carbocycles. The highest BCUT2D eigenvalue weighted by Crippen LogP contribution is 2.57. The monoisotopic (exact) mass is 602 g/mol. The van der Waals surface area contributed by atoms with Gasteiger partial charge in [-0.05, 0) is 85.6 Å². The zero-order chi connectivity index (χ0) is 30.7. The van der Waals surface area contributed by atoms with Crippen molar-refractivity contribution in [3.05, 3.63) is 65.2 Å². The summed E-state index contributed by atoms with van der Waals surface area (Å²) in [6.45, 7) is 13.6. The number of hydrogen-bond donors (Lipinski definition) is 1. The summed E-state index contributed by atoms with van der Waals surface area (Å²) in [6.07, 6.45) is 3.75. The largest absolute Gasteiger partial charge is 0.477 e. The Kier molecular flexibility index (Phi) is 7.31. The van der Waals surface area contributed by atoms with E-state index in [1.165, 1.54) is 0 Å². The molecule has 4 bridgehead atoms. The molecule has 1 aromatic heterocycles. The van der Waals surface area contributed by atoms with Crippen molar-refractivity contribution in [2.45, 2.75) is 83.6 Å². The van der Waals surface area contributed by atoms with Crippen molar-refractivity contribution in [2.24, 2.45) is 17.3 Å². The fraction of sp³-hybridized carbons (Fsp3) is 0.500. The molecule has 1 saturated heterocycles. The molecule has 9 heteroatoms. The zero-order valence-corrected chi connectivity index (χ0v) is 26.8. The van der Waals surface area contributed by atoms with Gasteiger partial charge in [0.15, 0.2) is 0 Å². The van der Waals surface area contributed by atoms with E-state index in [2.05, 4.69) is 41.5 Å². The predicted octanol–water partition coefficient (Wildman–Crippen LogP) is 6.49. The van der Waals surface area contributed by atoms with Crippen molar-refractivity contribution in [1.82, 2.24) is 14.9 Å². The summed E-state index contributed by atoms with van der Waals surface area (Å²) in [5, 5.41) is 0. The first kappa shape index (κ1) is 29.6. The molecule has 1 aliphatic carbocycles. The average Bonchev–Trinajstić information content (AvgIpc) is 2.86. The average molecular weight is 603 g/mol. The number of nitrogens with one attached hydrogen (secondary N) is 1. The summed E-state index contributed by atoms with van der Waals surface area (Å²) in [5.74, 6) is 0.933. The Labute approximate surface area is 255 Å². The standard InChI is InChI=1S/C34H42N4O4S/c1-21-9-7-10-22(2)30(21)28-16-29-36-32(35-28)37-43(40,41)27-12-8-11-24(15-27)31(26(20-42-29)17-33(4,5)6)25-18-34(19-25)13-14-38(34)23(3)39/h7-12,15-16,25-26,31H,13-14,17-20H2,1-6H3,(H,35,36,37)/t25?,26-,31?,34?/m1/s1. The van der Waals surface area contributed by atoms with Gasteiger partial charge in [-0.2, -0.15) is 4.98 Å². The van der Waals surface area contributed by atoms with Crippen molar-refractivity contribution in [3.8, 4) is 17.1 Å². The predicted molar refractivity (Wildman–Crippen MR) is 167 cm³/mol. The molecule has 3 aliphatic rings. The summed E-state index contributed by atoms with van der Waals surface area (Å²) in [5.41, 5.74) is 4.57. The van der Waals surface area contributed by atoms with Crippen molar-refractivity contribution >= 4 is 21.9 Å². The highest BCUT2D eigenvalue weighted by atomic mass is 32.2. The second-order valence-electron chi connectivity index (χ2n) is 14.0. The SMILES string of the molecule is CC(=O)N1CCC12CC(C1c3cccc(c3)S(=O)(=O)Nc3nc(cc(-c4c(C)cccc4C)n3)OC[C@H]1CC(C)(C)C)C2. The fourth-order valence-corrected chi connectivity index (χ4v) is 8.78. The minimum Gasteiger partial charge on any atom is -0.477 e. The van der Waals surface area contributed by atoms with E-state index in [4.69, 9.17) is 4.74 Å². The molecule has 1 spiro atoms. The molecule has 1 N–H and O–H groups in total. The molecule has 1 unspecified atom stereocenters. The Bertz CT molecular complexity index is 1650. The molecule has 3 heterocycles. The lowest BCUT2D eigenvalue weighted by Crippen LogP contribution is -2.68. The molecule has 1 amide bonds. The highest BCUT2D eigenvalue weighted by molar-refractivity contribution is 7.92. The van der Waals surface area contributed by atoms with E-state index in [0.717, 1.165) is 54.5 Å². The number of anilines is 1. The van der Waals surface area contributed by atoms with Crippen molar-refractivity contribution < 1.29 is 17.9 Å². The summed E-state index contributed by atoms with van der Waals surface area (Å²) < 4.78 is 36.6. The number of fused-ring (bicyclic) bond motifs is 4. The molecule has 2 fully saturated rings. The molecule has 0 radical (unpaired) electrons. The summed E-state index contributed by atoms with van der Waals surface area (Å²) in [4.78, 5) is 23.7. The Morgan fingerprint density at radius 3 is 2.40 bits per heavy atom. The lowest BCUT2D eigenvalue weighted by atomic mass is 9.54. The molecular weight excluding hydrogens is 560 g/mol. The van der Waals surface area contributed by atoms with Crippen molar-refractivity contribution in [1.29, 1.82) is 0 Å². The third kappa shape index (κ3) is 5.64. The third-order valence-electron chi connectivity index (χ3n) is 9.59. The third-order valence-corrected chi connectivity index (χ3v) is 10.9. The molecule has 43 heavy (non-hydrogen) atoms. The Morgan fingerprint density at radius 2 is 1.77 bits per heavy atom. The number of amides is 1. The number of likely N-dealkylation sites (tertiary alicyclic amines) is 1. The number of rotatable bonds is 3. The van der Waals surface area contributed by atoms with Crippen LogP contribution in [0.3, 0.4) is 0 Å². The van der Waals surface area contributed by atoms with E-state index in [1.54, 1.807) is 13.0 Å². The normalized spacial score (nSPS) is 26.2. The Morgan fingerprint density at radius 1 is 1.07 bits per heavy atom. The summed E-state index contributed by atoms with van der Waals surface area (Å²) >= 11 is 0. The minimum absolute atomic E-state index is 0.0121. The lowest BCUT2D eigenvalue weighted by molar-refractivity contribution is -0.162. The van der Waals surface area contributed by atoms with Gasteiger partial charge >= 0.3 is 0 Å². The van der Waals surface area contributed by atoms with Crippen LogP contribution in [-0.2, 0) is 14.8 Å². The first-order valence-electron chi connectivity index (χ1n) is 15.2. The van der Waals surface area contributed by atoms with Crippen molar-refractivity contribution in [3.63, 3.8) is 0 Å². The number of carbonyl (C=O) groups excluding carboxylic acids is 1. The van der Waals surface area contributed by atoms with Gasteiger partial charge in [-0.3, -0.25) is 4.79 Å². The van der Waals surface area contributed by atoms with E-state index in [-0.39, 0.29) is 39.5 Å². The van der Waals surface area contributed by atoms with E-state index in [0.29, 0.717) is 24.1 Å². The Balaban J connectivity index is 1.45. The molecule has 8 nitrogen and oxygen atoms in total. The van der Waals surface area contributed by atoms with Crippen LogP contribution in [0.15, 0.2) is 53.4 Å². The van der Waals surface area contributed by atoms with Crippen LogP contribution in [0, 0.1) is 31.1 Å². The number of sulfonamides is 1. The first-order valence-corrected chi connectivity index (χ1v) is 16.7. The van der Waals surface area contributed by atoms with Gasteiger partial charge in [0.05, 0.1) is 17.2 Å². The van der Waals surface area contributed by atoms with Crippen LogP contribution in [-0.4, -0.2) is 47.9 Å². The maximum Gasteiger partial charge on any atom is 0.264 e. The number of hydrogen-bond acceptors (Lipinski definition) is 6. The van der Waals surface area contributed by atoms with E-state index >= 15 is 0 Å². The fourth-order valence-electron chi connectivity index (χ4n) is 7.78. The van der Waals surface area contributed by atoms with Crippen LogP contribution in [0.5, 0.6) is 5.88 Å². The summed E-state index contributed by atoms with van der Waals surface area (Å²) in [7, 11) is -3.98. The van der Waals surface area contributed by atoms with Crippen LogP contribution in [0.25, 0.3) is 11.3 Å². The van der Waals surface area contributed by atoms with Gasteiger partial charge in [-0.25, -0.2) is 18.1 Å².